The molecule has 0 amide bonds. The summed E-state index contributed by atoms with van der Waals surface area (Å²) in [4.78, 5) is 8.47. The number of hydrogen-bond donors (Lipinski definition) is 2. The molecule has 14 heavy (non-hydrogen) atoms. The number of aliphatic hydroxyl groups is 1. The Balaban J connectivity index is 2.74. The first kappa shape index (κ1) is 11.3. The number of aryl methyl sites for hydroxylation is 1. The summed E-state index contributed by atoms with van der Waals surface area (Å²) in [7, 11) is 0. The average Bonchev–Trinajstić information content (AvgIpc) is 2.19. The number of thioether (sulfide) groups is 1. The standard InChI is InChI=1S/C9H15N3OS/c1-3-10-9-11-6-7(2)8(12-9)14-5-4-13/h6,13H,3-5H2,1-2H3,(H,10,11,12). The molecule has 0 aliphatic carbocycles. The maximum absolute atomic E-state index is 8.71. The van der Waals surface area contributed by atoms with Gasteiger partial charge in [-0.2, -0.15) is 0 Å². The Morgan fingerprint density at radius 1 is 1.57 bits per heavy atom. The van der Waals surface area contributed by atoms with Gasteiger partial charge in [0.1, 0.15) is 5.03 Å². The van der Waals surface area contributed by atoms with Crippen LogP contribution in [-0.4, -0.2) is 34.0 Å². The quantitative estimate of drug-likeness (QED) is 0.570. The van der Waals surface area contributed by atoms with E-state index in [2.05, 4.69) is 15.3 Å². The van der Waals surface area contributed by atoms with Gasteiger partial charge in [-0.05, 0) is 19.4 Å². The molecule has 0 spiro atoms. The molecule has 1 aromatic rings. The van der Waals surface area contributed by atoms with Gasteiger partial charge in [-0.25, -0.2) is 9.97 Å². The van der Waals surface area contributed by atoms with E-state index in [9.17, 15) is 0 Å². The summed E-state index contributed by atoms with van der Waals surface area (Å²) in [5, 5.41) is 12.7. The molecular weight excluding hydrogens is 198 g/mol. The number of hydrogen-bond acceptors (Lipinski definition) is 5. The van der Waals surface area contributed by atoms with Gasteiger partial charge >= 0.3 is 0 Å². The maximum Gasteiger partial charge on any atom is 0.223 e. The average molecular weight is 213 g/mol. The molecule has 0 aliphatic heterocycles. The van der Waals surface area contributed by atoms with Crippen molar-refractivity contribution < 1.29 is 5.11 Å². The largest absolute Gasteiger partial charge is 0.396 e. The lowest BCUT2D eigenvalue weighted by Crippen LogP contribution is -2.03. The second kappa shape index (κ2) is 5.82. The van der Waals surface area contributed by atoms with Crippen LogP contribution in [0.2, 0.25) is 0 Å². The molecule has 0 fully saturated rings. The van der Waals surface area contributed by atoms with Crippen LogP contribution in [0.5, 0.6) is 0 Å². The molecule has 0 saturated carbocycles. The van der Waals surface area contributed by atoms with Crippen molar-refractivity contribution in [3.63, 3.8) is 0 Å². The van der Waals surface area contributed by atoms with Gasteiger partial charge in [-0.15, -0.1) is 11.8 Å². The highest BCUT2D eigenvalue weighted by Gasteiger charge is 2.03. The summed E-state index contributed by atoms with van der Waals surface area (Å²) in [5.74, 6) is 1.32. The molecule has 0 radical (unpaired) electrons. The SMILES string of the molecule is CCNc1ncc(C)c(SCCO)n1. The number of nitrogens with one attached hydrogen (secondary N) is 1. The van der Waals surface area contributed by atoms with E-state index in [4.69, 9.17) is 5.11 Å². The van der Waals surface area contributed by atoms with E-state index in [0.29, 0.717) is 11.7 Å². The molecule has 1 heterocycles. The lowest BCUT2D eigenvalue weighted by atomic mass is 10.4. The van der Waals surface area contributed by atoms with Gasteiger partial charge < -0.3 is 10.4 Å². The number of aliphatic hydroxyl groups excluding tert-OH is 1. The zero-order valence-corrected chi connectivity index (χ0v) is 9.27. The van der Waals surface area contributed by atoms with Crippen LogP contribution in [0.1, 0.15) is 12.5 Å². The molecule has 0 aromatic carbocycles. The molecule has 5 heteroatoms. The van der Waals surface area contributed by atoms with Crippen molar-refractivity contribution in [1.29, 1.82) is 0 Å². The molecule has 1 rings (SSSR count). The van der Waals surface area contributed by atoms with E-state index in [1.54, 1.807) is 18.0 Å². The third-order valence-electron chi connectivity index (χ3n) is 1.59. The fourth-order valence-corrected chi connectivity index (χ4v) is 1.67. The molecule has 0 aliphatic rings. The number of anilines is 1. The summed E-state index contributed by atoms with van der Waals surface area (Å²) in [5.41, 5.74) is 1.05. The van der Waals surface area contributed by atoms with Crippen molar-refractivity contribution in [1.82, 2.24) is 9.97 Å². The van der Waals surface area contributed by atoms with Crippen LogP contribution < -0.4 is 5.32 Å². The van der Waals surface area contributed by atoms with Crippen LogP contribution in [-0.2, 0) is 0 Å². The van der Waals surface area contributed by atoms with Gasteiger partial charge in [0, 0.05) is 18.5 Å². The van der Waals surface area contributed by atoms with Crippen LogP contribution in [0.3, 0.4) is 0 Å². The molecule has 1 aromatic heterocycles. The van der Waals surface area contributed by atoms with Gasteiger partial charge in [0.05, 0.1) is 6.61 Å². The molecule has 4 nitrogen and oxygen atoms in total. The van der Waals surface area contributed by atoms with Gasteiger partial charge in [0.15, 0.2) is 0 Å². The van der Waals surface area contributed by atoms with Crippen LogP contribution in [0.15, 0.2) is 11.2 Å². The minimum atomic E-state index is 0.171. The van der Waals surface area contributed by atoms with E-state index in [1.807, 2.05) is 13.8 Å². The highest BCUT2D eigenvalue weighted by atomic mass is 32.2. The number of rotatable bonds is 5. The highest BCUT2D eigenvalue weighted by molar-refractivity contribution is 7.99. The van der Waals surface area contributed by atoms with Crippen molar-refractivity contribution in [2.75, 3.05) is 24.2 Å². The minimum absolute atomic E-state index is 0.171. The van der Waals surface area contributed by atoms with Crippen molar-refractivity contribution in [2.45, 2.75) is 18.9 Å². The normalized spacial score (nSPS) is 10.2. The third-order valence-corrected chi connectivity index (χ3v) is 2.66. The number of nitrogens with zero attached hydrogens (tertiary/aromatic N) is 2. The highest BCUT2D eigenvalue weighted by Crippen LogP contribution is 2.19. The summed E-state index contributed by atoms with van der Waals surface area (Å²) in [6.45, 7) is 4.96. The predicted molar refractivity (Wildman–Crippen MR) is 58.7 cm³/mol. The lowest BCUT2D eigenvalue weighted by molar-refractivity contribution is 0.322. The van der Waals surface area contributed by atoms with Crippen LogP contribution in [0.25, 0.3) is 0 Å². The van der Waals surface area contributed by atoms with Gasteiger partial charge in [0.25, 0.3) is 0 Å². The summed E-state index contributed by atoms with van der Waals surface area (Å²) < 4.78 is 0. The van der Waals surface area contributed by atoms with Crippen molar-refractivity contribution in [3.05, 3.63) is 11.8 Å². The van der Waals surface area contributed by atoms with E-state index >= 15 is 0 Å². The van der Waals surface area contributed by atoms with Crippen LogP contribution >= 0.6 is 11.8 Å². The monoisotopic (exact) mass is 213 g/mol. The first-order valence-corrected chi connectivity index (χ1v) is 5.57. The van der Waals surface area contributed by atoms with Crippen LogP contribution in [0, 0.1) is 6.92 Å². The predicted octanol–water partition coefficient (Wildman–Crippen LogP) is 1.30. The lowest BCUT2D eigenvalue weighted by Gasteiger charge is -2.06. The van der Waals surface area contributed by atoms with Crippen molar-refractivity contribution >= 4 is 17.7 Å². The minimum Gasteiger partial charge on any atom is -0.396 e. The molecule has 78 valence electrons. The molecular formula is C9H15N3OS. The number of aromatic nitrogens is 2. The molecule has 0 unspecified atom stereocenters. The zero-order valence-electron chi connectivity index (χ0n) is 8.45. The first-order chi connectivity index (χ1) is 6.77. The molecule has 0 saturated heterocycles. The maximum atomic E-state index is 8.71. The Kier molecular flexibility index (Phi) is 4.69. The second-order valence-electron chi connectivity index (χ2n) is 2.78. The summed E-state index contributed by atoms with van der Waals surface area (Å²) in [6.07, 6.45) is 1.80. The Bertz CT molecular complexity index is 293. The fraction of sp³-hybridized carbons (Fsp3) is 0.556. The summed E-state index contributed by atoms with van der Waals surface area (Å²) >= 11 is 1.55. The van der Waals surface area contributed by atoms with E-state index in [0.717, 1.165) is 17.1 Å². The van der Waals surface area contributed by atoms with Gasteiger partial charge in [-0.3, -0.25) is 0 Å². The Hall–Kier alpha value is -0.810. The topological polar surface area (TPSA) is 58.0 Å². The van der Waals surface area contributed by atoms with Gasteiger partial charge in [-0.1, -0.05) is 0 Å². The Morgan fingerprint density at radius 2 is 2.36 bits per heavy atom. The van der Waals surface area contributed by atoms with Gasteiger partial charge in [0.2, 0.25) is 5.95 Å². The van der Waals surface area contributed by atoms with E-state index in [-0.39, 0.29) is 6.61 Å². The van der Waals surface area contributed by atoms with Crippen LogP contribution in [0.4, 0.5) is 5.95 Å². The molecule has 0 atom stereocenters. The zero-order chi connectivity index (χ0) is 10.4. The van der Waals surface area contributed by atoms with E-state index in [1.165, 1.54) is 0 Å². The van der Waals surface area contributed by atoms with Crippen molar-refractivity contribution in [3.8, 4) is 0 Å². The van der Waals surface area contributed by atoms with E-state index < -0.39 is 0 Å². The molecule has 0 bridgehead atoms. The Morgan fingerprint density at radius 3 is 3.00 bits per heavy atom. The third kappa shape index (κ3) is 3.16. The molecule has 2 N–H and O–H groups in total. The first-order valence-electron chi connectivity index (χ1n) is 4.59. The Labute approximate surface area is 88.2 Å². The fourth-order valence-electron chi connectivity index (χ4n) is 0.958. The summed E-state index contributed by atoms with van der Waals surface area (Å²) in [6, 6.07) is 0. The van der Waals surface area contributed by atoms with Crippen molar-refractivity contribution in [2.24, 2.45) is 0 Å². The second-order valence-corrected chi connectivity index (χ2v) is 3.87. The smallest absolute Gasteiger partial charge is 0.223 e.